The van der Waals surface area contributed by atoms with Crippen LogP contribution in [0.25, 0.3) is 10.9 Å². The number of anilines is 3. The largest absolute Gasteiger partial charge is 0.424 e. The standard InChI is InChI=1S/C23H27N7OS/c1-14-11-17-16(3)19(6-5-18(17)25-14)31-22-26-20(27-23-24-13-15(2)32-23)12-21(28-22)30-9-7-29(4)8-10-30/h5-6,11-13,25H,7-10H2,1-4H3,(H,24,26,27,28). The Morgan fingerprint density at radius 2 is 1.88 bits per heavy atom. The number of fused-ring (bicyclic) bond motifs is 1. The molecule has 1 saturated heterocycles. The second kappa shape index (κ2) is 8.40. The van der Waals surface area contributed by atoms with Crippen LogP contribution in [0.5, 0.6) is 11.8 Å². The van der Waals surface area contributed by atoms with Crippen molar-refractivity contribution < 1.29 is 4.74 Å². The fraction of sp³-hybridized carbons (Fsp3) is 0.348. The Hall–Kier alpha value is -3.17. The van der Waals surface area contributed by atoms with Gasteiger partial charge in [-0.15, -0.1) is 11.3 Å². The molecule has 0 saturated carbocycles. The summed E-state index contributed by atoms with van der Waals surface area (Å²) in [5.74, 6) is 2.28. The van der Waals surface area contributed by atoms with E-state index in [-0.39, 0.29) is 0 Å². The van der Waals surface area contributed by atoms with Gasteiger partial charge in [0.2, 0.25) is 0 Å². The van der Waals surface area contributed by atoms with Crippen molar-refractivity contribution in [1.82, 2.24) is 24.8 Å². The number of hydrogen-bond donors (Lipinski definition) is 2. The number of aromatic nitrogens is 4. The predicted octanol–water partition coefficient (Wildman–Crippen LogP) is 4.63. The Balaban J connectivity index is 1.49. The van der Waals surface area contributed by atoms with Crippen molar-refractivity contribution in [3.63, 3.8) is 0 Å². The molecule has 0 bridgehead atoms. The lowest BCUT2D eigenvalue weighted by Gasteiger charge is -2.33. The number of ether oxygens (including phenoxy) is 1. The highest BCUT2D eigenvalue weighted by Gasteiger charge is 2.19. The van der Waals surface area contributed by atoms with E-state index in [1.165, 1.54) is 0 Å². The van der Waals surface area contributed by atoms with Crippen LogP contribution in [0, 0.1) is 20.8 Å². The third-order valence-corrected chi connectivity index (χ3v) is 6.56. The Bertz CT molecular complexity index is 1260. The van der Waals surface area contributed by atoms with E-state index in [1.54, 1.807) is 11.3 Å². The number of thiazole rings is 1. The molecule has 1 aliphatic heterocycles. The van der Waals surface area contributed by atoms with E-state index in [9.17, 15) is 0 Å². The highest BCUT2D eigenvalue weighted by Crippen LogP contribution is 2.32. The van der Waals surface area contributed by atoms with Gasteiger partial charge in [0.15, 0.2) is 5.13 Å². The highest BCUT2D eigenvalue weighted by atomic mass is 32.1. The summed E-state index contributed by atoms with van der Waals surface area (Å²) in [4.78, 5) is 22.9. The Labute approximate surface area is 191 Å². The van der Waals surface area contributed by atoms with Crippen LogP contribution in [-0.4, -0.2) is 58.1 Å². The maximum atomic E-state index is 6.23. The van der Waals surface area contributed by atoms with Crippen molar-refractivity contribution in [1.29, 1.82) is 0 Å². The van der Waals surface area contributed by atoms with Gasteiger partial charge in [0, 0.05) is 65.5 Å². The zero-order chi connectivity index (χ0) is 22.2. The van der Waals surface area contributed by atoms with Crippen LogP contribution in [0.15, 0.2) is 30.5 Å². The van der Waals surface area contributed by atoms with E-state index < -0.39 is 0 Å². The topological polar surface area (TPSA) is 82.2 Å². The quantitative estimate of drug-likeness (QED) is 0.460. The molecule has 8 nitrogen and oxygen atoms in total. The minimum absolute atomic E-state index is 0.326. The van der Waals surface area contributed by atoms with E-state index in [2.05, 4.69) is 57.0 Å². The number of aryl methyl sites for hydroxylation is 3. The molecule has 5 rings (SSSR count). The number of nitrogens with one attached hydrogen (secondary N) is 2. The molecular formula is C23H27N7OS. The predicted molar refractivity (Wildman–Crippen MR) is 130 cm³/mol. The summed E-state index contributed by atoms with van der Waals surface area (Å²) in [6.45, 7) is 9.98. The molecular weight excluding hydrogens is 422 g/mol. The molecule has 32 heavy (non-hydrogen) atoms. The minimum atomic E-state index is 0.326. The number of H-pyrrole nitrogens is 1. The van der Waals surface area contributed by atoms with Crippen LogP contribution in [0.3, 0.4) is 0 Å². The minimum Gasteiger partial charge on any atom is -0.424 e. The third-order valence-electron chi connectivity index (χ3n) is 5.73. The monoisotopic (exact) mass is 449 g/mol. The average Bonchev–Trinajstić information content (AvgIpc) is 3.35. The summed E-state index contributed by atoms with van der Waals surface area (Å²) in [6, 6.07) is 8.44. The number of piperazine rings is 1. The molecule has 3 aromatic heterocycles. The lowest BCUT2D eigenvalue weighted by Crippen LogP contribution is -2.44. The summed E-state index contributed by atoms with van der Waals surface area (Å²) in [6.07, 6.45) is 1.85. The summed E-state index contributed by atoms with van der Waals surface area (Å²) < 4.78 is 6.23. The number of rotatable bonds is 5. The molecule has 4 heterocycles. The smallest absolute Gasteiger partial charge is 0.325 e. The molecule has 2 N–H and O–H groups in total. The lowest BCUT2D eigenvalue weighted by molar-refractivity contribution is 0.311. The maximum absolute atomic E-state index is 6.23. The van der Waals surface area contributed by atoms with Crippen LogP contribution in [0.1, 0.15) is 16.1 Å². The first-order valence-electron chi connectivity index (χ1n) is 10.7. The van der Waals surface area contributed by atoms with Crippen LogP contribution in [0.4, 0.5) is 16.8 Å². The summed E-state index contributed by atoms with van der Waals surface area (Å²) in [5, 5.41) is 5.27. The van der Waals surface area contributed by atoms with Crippen LogP contribution < -0.4 is 15.0 Å². The molecule has 9 heteroatoms. The third kappa shape index (κ3) is 4.26. The zero-order valence-corrected chi connectivity index (χ0v) is 19.6. The van der Waals surface area contributed by atoms with E-state index in [0.29, 0.717) is 11.8 Å². The second-order valence-electron chi connectivity index (χ2n) is 8.29. The van der Waals surface area contributed by atoms with Crippen molar-refractivity contribution in [3.05, 3.63) is 46.6 Å². The molecule has 0 aliphatic carbocycles. The Morgan fingerprint density at radius 3 is 2.62 bits per heavy atom. The van der Waals surface area contributed by atoms with Gasteiger partial charge in [-0.1, -0.05) is 0 Å². The van der Waals surface area contributed by atoms with Gasteiger partial charge in [-0.2, -0.15) is 9.97 Å². The normalized spacial score (nSPS) is 14.8. The molecule has 0 radical (unpaired) electrons. The van der Waals surface area contributed by atoms with Crippen LogP contribution >= 0.6 is 11.3 Å². The highest BCUT2D eigenvalue weighted by molar-refractivity contribution is 7.15. The first kappa shape index (κ1) is 20.7. The van der Waals surface area contributed by atoms with E-state index in [1.807, 2.05) is 31.3 Å². The van der Waals surface area contributed by atoms with E-state index in [0.717, 1.165) is 69.9 Å². The number of likely N-dealkylation sites (N-methyl/N-ethyl adjacent to an activating group) is 1. The average molecular weight is 450 g/mol. The first-order chi connectivity index (χ1) is 15.4. The van der Waals surface area contributed by atoms with Crippen molar-refractivity contribution in [2.45, 2.75) is 20.8 Å². The van der Waals surface area contributed by atoms with Gasteiger partial charge in [0.25, 0.3) is 0 Å². The molecule has 0 atom stereocenters. The maximum Gasteiger partial charge on any atom is 0.325 e. The molecule has 1 aliphatic rings. The van der Waals surface area contributed by atoms with Gasteiger partial charge >= 0.3 is 6.01 Å². The van der Waals surface area contributed by atoms with Gasteiger partial charge in [-0.25, -0.2) is 4.98 Å². The van der Waals surface area contributed by atoms with Gasteiger partial charge in [-0.3, -0.25) is 0 Å². The summed E-state index contributed by atoms with van der Waals surface area (Å²) in [7, 11) is 2.14. The fourth-order valence-corrected chi connectivity index (χ4v) is 4.59. The van der Waals surface area contributed by atoms with Gasteiger partial charge < -0.3 is 24.8 Å². The number of nitrogens with zero attached hydrogens (tertiary/aromatic N) is 5. The molecule has 4 aromatic rings. The van der Waals surface area contributed by atoms with Gasteiger partial charge in [-0.05, 0) is 46.0 Å². The van der Waals surface area contributed by atoms with Gasteiger partial charge in [0.05, 0.1) is 0 Å². The molecule has 0 amide bonds. The molecule has 0 unspecified atom stereocenters. The molecule has 166 valence electrons. The van der Waals surface area contributed by atoms with E-state index >= 15 is 0 Å². The van der Waals surface area contributed by atoms with Crippen molar-refractivity contribution in [3.8, 4) is 11.8 Å². The van der Waals surface area contributed by atoms with Crippen LogP contribution in [0.2, 0.25) is 0 Å². The van der Waals surface area contributed by atoms with E-state index in [4.69, 9.17) is 9.72 Å². The Morgan fingerprint density at radius 1 is 1.06 bits per heavy atom. The Kier molecular flexibility index (Phi) is 5.44. The number of hydrogen-bond acceptors (Lipinski definition) is 8. The van der Waals surface area contributed by atoms with Crippen molar-refractivity contribution in [2.24, 2.45) is 0 Å². The zero-order valence-electron chi connectivity index (χ0n) is 18.8. The lowest BCUT2D eigenvalue weighted by atomic mass is 10.1. The van der Waals surface area contributed by atoms with Crippen molar-refractivity contribution >= 4 is 39.0 Å². The van der Waals surface area contributed by atoms with Crippen molar-refractivity contribution in [2.75, 3.05) is 43.4 Å². The van der Waals surface area contributed by atoms with Gasteiger partial charge in [0.1, 0.15) is 17.4 Å². The fourth-order valence-electron chi connectivity index (χ4n) is 3.92. The SMILES string of the molecule is Cc1cc2c(C)c(Oc3nc(Nc4ncc(C)s4)cc(N4CCN(C)CC4)n3)ccc2[nH]1. The number of benzene rings is 1. The molecule has 1 aromatic carbocycles. The number of aromatic amines is 1. The molecule has 0 spiro atoms. The summed E-state index contributed by atoms with van der Waals surface area (Å²) in [5.41, 5.74) is 3.28. The summed E-state index contributed by atoms with van der Waals surface area (Å²) >= 11 is 1.59. The van der Waals surface area contributed by atoms with Crippen LogP contribution in [-0.2, 0) is 0 Å². The second-order valence-corrected chi connectivity index (χ2v) is 9.52. The first-order valence-corrected chi connectivity index (χ1v) is 11.5. The molecule has 1 fully saturated rings.